The van der Waals surface area contributed by atoms with Crippen LogP contribution in [0.15, 0.2) is 18.2 Å². The van der Waals surface area contributed by atoms with Crippen LogP contribution in [0.1, 0.15) is 36.8 Å². The molecule has 2 unspecified atom stereocenters. The normalized spacial score (nSPS) is 24.1. The Morgan fingerprint density at radius 1 is 1.44 bits per heavy atom. The summed E-state index contributed by atoms with van der Waals surface area (Å²) in [5.74, 6) is 1.89. The number of hydrogen-bond donors (Lipinski definition) is 0. The number of ketones is 1. The van der Waals surface area contributed by atoms with Crippen LogP contribution in [-0.4, -0.2) is 12.9 Å². The highest BCUT2D eigenvalue weighted by atomic mass is 16.5. The van der Waals surface area contributed by atoms with E-state index in [1.807, 2.05) is 12.1 Å². The fourth-order valence-electron chi connectivity index (χ4n) is 2.56. The number of aryl methyl sites for hydroxylation is 1. The average molecular weight is 218 g/mol. The molecule has 1 aromatic rings. The maximum atomic E-state index is 11.5. The van der Waals surface area contributed by atoms with Gasteiger partial charge in [-0.2, -0.15) is 0 Å². The lowest BCUT2D eigenvalue weighted by molar-refractivity contribution is -0.131. The summed E-state index contributed by atoms with van der Waals surface area (Å²) in [5, 5.41) is 0. The summed E-state index contributed by atoms with van der Waals surface area (Å²) in [6.07, 6.45) is 1.61. The minimum absolute atomic E-state index is 0.204. The standard InChI is InChI=1S/C14H18O2/c1-4-10-11(8-13(10)15)12-7-9(2)5-6-14(12)16-3/h5-7,10-11H,4,8H2,1-3H3. The highest BCUT2D eigenvalue weighted by Crippen LogP contribution is 2.44. The van der Waals surface area contributed by atoms with Crippen LogP contribution < -0.4 is 4.74 Å². The first kappa shape index (κ1) is 11.2. The van der Waals surface area contributed by atoms with Crippen LogP contribution in [0.25, 0.3) is 0 Å². The van der Waals surface area contributed by atoms with E-state index < -0.39 is 0 Å². The number of carbonyl (C=O) groups excluding carboxylic acids is 1. The third kappa shape index (κ3) is 1.73. The molecule has 0 radical (unpaired) electrons. The van der Waals surface area contributed by atoms with Gasteiger partial charge in [0.15, 0.2) is 0 Å². The lowest BCUT2D eigenvalue weighted by atomic mass is 9.67. The van der Waals surface area contributed by atoms with Crippen molar-refractivity contribution in [1.82, 2.24) is 0 Å². The molecule has 0 saturated heterocycles. The minimum Gasteiger partial charge on any atom is -0.496 e. The summed E-state index contributed by atoms with van der Waals surface area (Å²) in [6.45, 7) is 4.15. The van der Waals surface area contributed by atoms with Crippen LogP contribution >= 0.6 is 0 Å². The molecule has 0 spiro atoms. The molecule has 1 aliphatic carbocycles. The molecule has 2 atom stereocenters. The lowest BCUT2D eigenvalue weighted by Crippen LogP contribution is -2.34. The maximum absolute atomic E-state index is 11.5. The first-order chi connectivity index (χ1) is 7.67. The van der Waals surface area contributed by atoms with Crippen LogP contribution in [0.2, 0.25) is 0 Å². The van der Waals surface area contributed by atoms with Gasteiger partial charge in [0, 0.05) is 18.3 Å². The molecule has 2 nitrogen and oxygen atoms in total. The summed E-state index contributed by atoms with van der Waals surface area (Å²) in [6, 6.07) is 6.20. The van der Waals surface area contributed by atoms with Crippen LogP contribution in [0.3, 0.4) is 0 Å². The fourth-order valence-corrected chi connectivity index (χ4v) is 2.56. The average Bonchev–Trinajstić information content (AvgIpc) is 2.26. The second kappa shape index (κ2) is 4.28. The Morgan fingerprint density at radius 3 is 2.75 bits per heavy atom. The maximum Gasteiger partial charge on any atom is 0.137 e. The van der Waals surface area contributed by atoms with E-state index in [4.69, 9.17) is 4.74 Å². The number of carbonyl (C=O) groups is 1. The van der Waals surface area contributed by atoms with Gasteiger partial charge in [-0.1, -0.05) is 24.6 Å². The predicted octanol–water partition coefficient (Wildman–Crippen LogP) is 3.09. The summed E-state index contributed by atoms with van der Waals surface area (Å²) in [4.78, 5) is 11.5. The third-order valence-corrected chi connectivity index (χ3v) is 3.54. The van der Waals surface area contributed by atoms with Crippen molar-refractivity contribution in [3.63, 3.8) is 0 Å². The number of hydrogen-bond acceptors (Lipinski definition) is 2. The molecule has 0 bridgehead atoms. The smallest absolute Gasteiger partial charge is 0.137 e. The van der Waals surface area contributed by atoms with Gasteiger partial charge in [-0.15, -0.1) is 0 Å². The van der Waals surface area contributed by atoms with E-state index in [-0.39, 0.29) is 5.92 Å². The SMILES string of the molecule is CCC1C(=O)CC1c1cc(C)ccc1OC. The molecule has 2 heteroatoms. The van der Waals surface area contributed by atoms with Crippen molar-refractivity contribution in [2.75, 3.05) is 7.11 Å². The van der Waals surface area contributed by atoms with E-state index in [1.165, 1.54) is 11.1 Å². The van der Waals surface area contributed by atoms with Gasteiger partial charge in [0.2, 0.25) is 0 Å². The van der Waals surface area contributed by atoms with Crippen LogP contribution in [0, 0.1) is 12.8 Å². The van der Waals surface area contributed by atoms with Crippen molar-refractivity contribution in [3.05, 3.63) is 29.3 Å². The topological polar surface area (TPSA) is 26.3 Å². The Morgan fingerprint density at radius 2 is 2.19 bits per heavy atom. The molecule has 0 heterocycles. The molecule has 1 fully saturated rings. The van der Waals surface area contributed by atoms with Gasteiger partial charge in [-0.05, 0) is 25.0 Å². The van der Waals surface area contributed by atoms with Gasteiger partial charge in [-0.3, -0.25) is 4.79 Å². The second-order valence-corrected chi connectivity index (χ2v) is 4.54. The highest BCUT2D eigenvalue weighted by molar-refractivity contribution is 5.89. The molecule has 86 valence electrons. The molecule has 16 heavy (non-hydrogen) atoms. The van der Waals surface area contributed by atoms with Crippen molar-refractivity contribution < 1.29 is 9.53 Å². The van der Waals surface area contributed by atoms with Crippen molar-refractivity contribution >= 4 is 5.78 Å². The van der Waals surface area contributed by atoms with Crippen molar-refractivity contribution in [2.45, 2.75) is 32.6 Å². The second-order valence-electron chi connectivity index (χ2n) is 4.54. The molecular weight excluding hydrogens is 200 g/mol. The van der Waals surface area contributed by atoms with Crippen molar-refractivity contribution in [1.29, 1.82) is 0 Å². The zero-order valence-corrected chi connectivity index (χ0v) is 10.1. The third-order valence-electron chi connectivity index (χ3n) is 3.54. The van der Waals surface area contributed by atoms with Crippen LogP contribution in [0.5, 0.6) is 5.75 Å². The predicted molar refractivity (Wildman–Crippen MR) is 63.9 cm³/mol. The molecule has 0 amide bonds. The van der Waals surface area contributed by atoms with Gasteiger partial charge in [0.25, 0.3) is 0 Å². The van der Waals surface area contributed by atoms with Gasteiger partial charge in [0.1, 0.15) is 11.5 Å². The van der Waals surface area contributed by atoms with Gasteiger partial charge < -0.3 is 4.74 Å². The van der Waals surface area contributed by atoms with Crippen LogP contribution in [-0.2, 0) is 4.79 Å². The Bertz CT molecular complexity index is 409. The lowest BCUT2D eigenvalue weighted by Gasteiger charge is -2.35. The molecule has 0 aromatic heterocycles. The largest absolute Gasteiger partial charge is 0.496 e. The van der Waals surface area contributed by atoms with Gasteiger partial charge in [-0.25, -0.2) is 0 Å². The number of rotatable bonds is 3. The molecule has 0 aliphatic heterocycles. The monoisotopic (exact) mass is 218 g/mol. The van der Waals surface area contributed by atoms with E-state index in [2.05, 4.69) is 19.9 Å². The molecular formula is C14H18O2. The summed E-state index contributed by atoms with van der Waals surface area (Å²) < 4.78 is 5.37. The minimum atomic E-state index is 0.204. The van der Waals surface area contributed by atoms with E-state index in [9.17, 15) is 4.79 Å². The first-order valence-corrected chi connectivity index (χ1v) is 5.84. The zero-order valence-electron chi connectivity index (χ0n) is 10.1. The van der Waals surface area contributed by atoms with E-state index in [0.29, 0.717) is 18.1 Å². The summed E-state index contributed by atoms with van der Waals surface area (Å²) >= 11 is 0. The van der Waals surface area contributed by atoms with Crippen molar-refractivity contribution in [3.8, 4) is 5.75 Å². The van der Waals surface area contributed by atoms with Crippen molar-refractivity contribution in [2.24, 2.45) is 5.92 Å². The van der Waals surface area contributed by atoms with Crippen LogP contribution in [0.4, 0.5) is 0 Å². The Kier molecular flexibility index (Phi) is 2.99. The molecule has 0 N–H and O–H groups in total. The quantitative estimate of drug-likeness (QED) is 0.779. The molecule has 1 aromatic carbocycles. The number of Topliss-reactive ketones (excluding diaryl/α,β-unsaturated/α-hetero) is 1. The Balaban J connectivity index is 2.33. The fraction of sp³-hybridized carbons (Fsp3) is 0.500. The molecule has 2 rings (SSSR count). The molecule has 1 saturated carbocycles. The Hall–Kier alpha value is -1.31. The zero-order chi connectivity index (χ0) is 11.7. The summed E-state index contributed by atoms with van der Waals surface area (Å²) in [7, 11) is 1.69. The van der Waals surface area contributed by atoms with Gasteiger partial charge in [0.05, 0.1) is 7.11 Å². The molecule has 1 aliphatic rings. The number of ether oxygens (including phenoxy) is 1. The Labute approximate surface area is 96.6 Å². The highest BCUT2D eigenvalue weighted by Gasteiger charge is 2.40. The van der Waals surface area contributed by atoms with E-state index >= 15 is 0 Å². The first-order valence-electron chi connectivity index (χ1n) is 5.84. The number of methoxy groups -OCH3 is 1. The van der Waals surface area contributed by atoms with E-state index in [1.54, 1.807) is 7.11 Å². The van der Waals surface area contributed by atoms with Gasteiger partial charge >= 0.3 is 0 Å². The van der Waals surface area contributed by atoms with E-state index in [0.717, 1.165) is 12.2 Å². The number of benzene rings is 1. The summed E-state index contributed by atoms with van der Waals surface area (Å²) in [5.41, 5.74) is 2.43.